The SMILES string of the molecule is Cc1cc(CNC(C)(C)C)nc(-c2cccc(Br)c2)n1. The summed E-state index contributed by atoms with van der Waals surface area (Å²) < 4.78 is 1.04. The molecule has 0 aliphatic heterocycles. The van der Waals surface area contributed by atoms with Crippen molar-refractivity contribution in [1.82, 2.24) is 15.3 Å². The first-order valence-corrected chi connectivity index (χ1v) is 7.48. The Hall–Kier alpha value is -1.26. The zero-order valence-electron chi connectivity index (χ0n) is 12.4. The largest absolute Gasteiger partial charge is 0.306 e. The maximum absolute atomic E-state index is 4.65. The van der Waals surface area contributed by atoms with Crippen LogP contribution in [0.3, 0.4) is 0 Å². The predicted octanol–water partition coefficient (Wildman–Crippen LogP) is 4.10. The molecule has 0 spiro atoms. The van der Waals surface area contributed by atoms with Gasteiger partial charge in [0.25, 0.3) is 0 Å². The lowest BCUT2D eigenvalue weighted by molar-refractivity contribution is 0.421. The first-order valence-electron chi connectivity index (χ1n) is 6.69. The summed E-state index contributed by atoms with van der Waals surface area (Å²) in [6, 6.07) is 10.1. The Balaban J connectivity index is 2.29. The van der Waals surface area contributed by atoms with Crippen molar-refractivity contribution in [2.75, 3.05) is 0 Å². The van der Waals surface area contributed by atoms with E-state index in [1.807, 2.05) is 37.3 Å². The van der Waals surface area contributed by atoms with Crippen molar-refractivity contribution in [3.8, 4) is 11.4 Å². The number of benzene rings is 1. The average Bonchev–Trinajstić information content (AvgIpc) is 2.35. The zero-order chi connectivity index (χ0) is 14.8. The maximum atomic E-state index is 4.65. The van der Waals surface area contributed by atoms with E-state index in [2.05, 4.69) is 52.0 Å². The van der Waals surface area contributed by atoms with Gasteiger partial charge in [-0.3, -0.25) is 0 Å². The Morgan fingerprint density at radius 3 is 2.55 bits per heavy atom. The first-order chi connectivity index (χ1) is 9.33. The van der Waals surface area contributed by atoms with Gasteiger partial charge in [0.2, 0.25) is 0 Å². The molecule has 0 aliphatic rings. The summed E-state index contributed by atoms with van der Waals surface area (Å²) in [4.78, 5) is 9.18. The van der Waals surface area contributed by atoms with Gasteiger partial charge < -0.3 is 5.32 Å². The minimum absolute atomic E-state index is 0.0782. The molecule has 1 N–H and O–H groups in total. The number of nitrogens with one attached hydrogen (secondary N) is 1. The molecule has 0 aliphatic carbocycles. The third-order valence-electron chi connectivity index (χ3n) is 2.79. The van der Waals surface area contributed by atoms with Gasteiger partial charge in [-0.05, 0) is 45.9 Å². The number of nitrogens with zero attached hydrogens (tertiary/aromatic N) is 2. The van der Waals surface area contributed by atoms with E-state index in [0.717, 1.165) is 33.8 Å². The van der Waals surface area contributed by atoms with Gasteiger partial charge in [0.1, 0.15) is 0 Å². The molecular formula is C16H20BrN3. The molecule has 1 aromatic heterocycles. The van der Waals surface area contributed by atoms with Crippen LogP contribution in [0.2, 0.25) is 0 Å². The molecule has 1 aromatic carbocycles. The van der Waals surface area contributed by atoms with Gasteiger partial charge in [-0.1, -0.05) is 28.1 Å². The van der Waals surface area contributed by atoms with Gasteiger partial charge in [0.05, 0.1) is 5.69 Å². The van der Waals surface area contributed by atoms with Crippen molar-refractivity contribution in [3.63, 3.8) is 0 Å². The number of hydrogen-bond acceptors (Lipinski definition) is 3. The summed E-state index contributed by atoms with van der Waals surface area (Å²) in [5.41, 5.74) is 3.11. The molecule has 4 heteroatoms. The Kier molecular flexibility index (Phi) is 4.55. The molecule has 20 heavy (non-hydrogen) atoms. The first kappa shape index (κ1) is 15.1. The van der Waals surface area contributed by atoms with Gasteiger partial charge >= 0.3 is 0 Å². The molecule has 2 aromatic rings. The van der Waals surface area contributed by atoms with Gasteiger partial charge in [0, 0.05) is 27.8 Å². The van der Waals surface area contributed by atoms with E-state index in [9.17, 15) is 0 Å². The monoisotopic (exact) mass is 333 g/mol. The van der Waals surface area contributed by atoms with Crippen LogP contribution in [-0.4, -0.2) is 15.5 Å². The van der Waals surface area contributed by atoms with E-state index in [-0.39, 0.29) is 5.54 Å². The second-order valence-electron chi connectivity index (χ2n) is 5.94. The highest BCUT2D eigenvalue weighted by Gasteiger charge is 2.10. The minimum Gasteiger partial charge on any atom is -0.306 e. The minimum atomic E-state index is 0.0782. The van der Waals surface area contributed by atoms with E-state index < -0.39 is 0 Å². The summed E-state index contributed by atoms with van der Waals surface area (Å²) in [5, 5.41) is 3.46. The molecule has 0 fully saturated rings. The Morgan fingerprint density at radius 1 is 1.15 bits per heavy atom. The van der Waals surface area contributed by atoms with E-state index in [1.54, 1.807) is 0 Å². The number of hydrogen-bond donors (Lipinski definition) is 1. The highest BCUT2D eigenvalue weighted by Crippen LogP contribution is 2.20. The van der Waals surface area contributed by atoms with Crippen molar-refractivity contribution in [3.05, 3.63) is 46.2 Å². The summed E-state index contributed by atoms with van der Waals surface area (Å²) in [6.45, 7) is 9.19. The van der Waals surface area contributed by atoms with E-state index in [0.29, 0.717) is 0 Å². The maximum Gasteiger partial charge on any atom is 0.159 e. The molecule has 0 saturated heterocycles. The van der Waals surface area contributed by atoms with E-state index in [4.69, 9.17) is 0 Å². The van der Waals surface area contributed by atoms with Gasteiger partial charge in [-0.15, -0.1) is 0 Å². The van der Waals surface area contributed by atoms with Gasteiger partial charge in [0.15, 0.2) is 5.82 Å². The number of aromatic nitrogens is 2. The third-order valence-corrected chi connectivity index (χ3v) is 3.28. The topological polar surface area (TPSA) is 37.8 Å². The number of rotatable bonds is 3. The second-order valence-corrected chi connectivity index (χ2v) is 6.85. The fourth-order valence-electron chi connectivity index (χ4n) is 1.84. The average molecular weight is 334 g/mol. The molecule has 3 nitrogen and oxygen atoms in total. The lowest BCUT2D eigenvalue weighted by Gasteiger charge is -2.20. The van der Waals surface area contributed by atoms with E-state index >= 15 is 0 Å². The molecular weight excluding hydrogens is 314 g/mol. The molecule has 106 valence electrons. The summed E-state index contributed by atoms with van der Waals surface area (Å²) in [6.07, 6.45) is 0. The van der Waals surface area contributed by atoms with Crippen LogP contribution >= 0.6 is 15.9 Å². The third kappa shape index (κ3) is 4.39. The van der Waals surface area contributed by atoms with E-state index in [1.165, 1.54) is 0 Å². The molecule has 0 saturated carbocycles. The van der Waals surface area contributed by atoms with Crippen LogP contribution in [0.4, 0.5) is 0 Å². The van der Waals surface area contributed by atoms with Crippen LogP contribution in [0.1, 0.15) is 32.2 Å². The molecule has 0 bridgehead atoms. The van der Waals surface area contributed by atoms with Crippen LogP contribution in [-0.2, 0) is 6.54 Å². The van der Waals surface area contributed by atoms with Crippen LogP contribution in [0.15, 0.2) is 34.8 Å². The number of aryl methyl sites for hydroxylation is 1. The van der Waals surface area contributed by atoms with Gasteiger partial charge in [-0.25, -0.2) is 9.97 Å². The smallest absolute Gasteiger partial charge is 0.159 e. The molecule has 0 radical (unpaired) electrons. The van der Waals surface area contributed by atoms with Crippen molar-refractivity contribution < 1.29 is 0 Å². The lowest BCUT2D eigenvalue weighted by Crippen LogP contribution is -2.35. The fraction of sp³-hybridized carbons (Fsp3) is 0.375. The van der Waals surface area contributed by atoms with Gasteiger partial charge in [-0.2, -0.15) is 0 Å². The van der Waals surface area contributed by atoms with Crippen LogP contribution in [0, 0.1) is 6.92 Å². The Morgan fingerprint density at radius 2 is 1.90 bits per heavy atom. The predicted molar refractivity (Wildman–Crippen MR) is 86.5 cm³/mol. The normalized spacial score (nSPS) is 11.7. The van der Waals surface area contributed by atoms with Crippen molar-refractivity contribution in [2.45, 2.75) is 39.8 Å². The van der Waals surface area contributed by atoms with Crippen molar-refractivity contribution in [1.29, 1.82) is 0 Å². The Labute approximate surface area is 129 Å². The highest BCUT2D eigenvalue weighted by molar-refractivity contribution is 9.10. The Bertz CT molecular complexity index is 603. The van der Waals surface area contributed by atoms with Crippen LogP contribution < -0.4 is 5.32 Å². The molecule has 2 rings (SSSR count). The highest BCUT2D eigenvalue weighted by atomic mass is 79.9. The second kappa shape index (κ2) is 6.02. The van der Waals surface area contributed by atoms with Crippen LogP contribution in [0.5, 0.6) is 0 Å². The summed E-state index contributed by atoms with van der Waals surface area (Å²) >= 11 is 3.49. The molecule has 1 heterocycles. The fourth-order valence-corrected chi connectivity index (χ4v) is 2.24. The molecule has 0 unspecified atom stereocenters. The standard InChI is InChI=1S/C16H20BrN3/c1-11-8-14(10-18-16(2,3)4)20-15(19-11)12-6-5-7-13(17)9-12/h5-9,18H,10H2,1-4H3. The van der Waals surface area contributed by atoms with Crippen molar-refractivity contribution in [2.24, 2.45) is 0 Å². The summed E-state index contributed by atoms with van der Waals surface area (Å²) in [5.74, 6) is 0.775. The van der Waals surface area contributed by atoms with Crippen LogP contribution in [0.25, 0.3) is 11.4 Å². The lowest BCUT2D eigenvalue weighted by atomic mass is 10.1. The molecule has 0 atom stereocenters. The quantitative estimate of drug-likeness (QED) is 0.918. The molecule has 0 amide bonds. The van der Waals surface area contributed by atoms with Crippen molar-refractivity contribution >= 4 is 15.9 Å². The number of halogens is 1. The summed E-state index contributed by atoms with van der Waals surface area (Å²) in [7, 11) is 0. The zero-order valence-corrected chi connectivity index (χ0v) is 14.0.